The molecule has 0 aliphatic rings. The minimum absolute atomic E-state index is 0.272. The number of nitrogens with two attached hydrogens (primary N) is 1. The quantitative estimate of drug-likeness (QED) is 0.695. The number of thiazole rings is 1. The van der Waals surface area contributed by atoms with Gasteiger partial charge in [0.25, 0.3) is 0 Å². The van der Waals surface area contributed by atoms with Gasteiger partial charge in [-0.2, -0.15) is 0 Å². The van der Waals surface area contributed by atoms with Crippen LogP contribution in [0.2, 0.25) is 0 Å². The van der Waals surface area contributed by atoms with E-state index in [-0.39, 0.29) is 12.3 Å². The molecule has 3 rings (SSSR count). The van der Waals surface area contributed by atoms with E-state index in [4.69, 9.17) is 5.73 Å². The summed E-state index contributed by atoms with van der Waals surface area (Å²) in [5, 5.41) is 2.80. The van der Waals surface area contributed by atoms with Gasteiger partial charge < -0.3 is 5.73 Å². The van der Waals surface area contributed by atoms with Crippen LogP contribution >= 0.6 is 23.1 Å². The van der Waals surface area contributed by atoms with Gasteiger partial charge in [-0.15, -0.1) is 11.3 Å². The number of carbonyl (C=O) groups excluding carboxylic acids is 1. The summed E-state index contributed by atoms with van der Waals surface area (Å²) in [5.41, 5.74) is 7.46. The highest BCUT2D eigenvalue weighted by Gasteiger charge is 2.14. The second-order valence-corrected chi connectivity index (χ2v) is 8.17. The average Bonchev–Trinajstić information content (AvgIpc) is 2.85. The molecule has 1 aromatic heterocycles. The number of aryl methyl sites for hydroxylation is 1. The van der Waals surface area contributed by atoms with Crippen LogP contribution in [0, 0.1) is 6.92 Å². The summed E-state index contributed by atoms with van der Waals surface area (Å²) in [4.78, 5) is 16.6. The van der Waals surface area contributed by atoms with Gasteiger partial charge in [0, 0.05) is 10.1 Å². The number of aromatic nitrogens is 1. The van der Waals surface area contributed by atoms with Crippen LogP contribution in [0.3, 0.4) is 0 Å². The lowest BCUT2D eigenvalue weighted by molar-refractivity contribution is -0.117. The average molecular weight is 342 g/mol. The lowest BCUT2D eigenvalue weighted by atomic mass is 10.1. The predicted octanol–water partition coefficient (Wildman–Crippen LogP) is 4.49. The minimum Gasteiger partial charge on any atom is -0.369 e. The molecule has 118 valence electrons. The SMILES string of the molecule is Cc1nc(S[C@H](C)c2ccc3ccccc3c2)sc1CC(N)=O. The van der Waals surface area contributed by atoms with Gasteiger partial charge in [-0.05, 0) is 30.2 Å². The largest absolute Gasteiger partial charge is 0.369 e. The highest BCUT2D eigenvalue weighted by molar-refractivity contribution is 8.01. The molecule has 3 aromatic rings. The van der Waals surface area contributed by atoms with Crippen molar-refractivity contribution in [1.82, 2.24) is 4.98 Å². The Labute approximate surface area is 143 Å². The second kappa shape index (κ2) is 6.72. The first-order valence-corrected chi connectivity index (χ1v) is 9.12. The molecule has 0 aliphatic heterocycles. The molecular formula is C18H18N2OS2. The maximum absolute atomic E-state index is 11.1. The smallest absolute Gasteiger partial charge is 0.222 e. The first-order chi connectivity index (χ1) is 11.0. The maximum Gasteiger partial charge on any atom is 0.222 e. The molecule has 1 amide bonds. The minimum atomic E-state index is -0.309. The van der Waals surface area contributed by atoms with Crippen molar-refractivity contribution in [2.75, 3.05) is 0 Å². The molecular weight excluding hydrogens is 324 g/mol. The van der Waals surface area contributed by atoms with Crippen LogP contribution in [0.25, 0.3) is 10.8 Å². The number of hydrogen-bond acceptors (Lipinski definition) is 4. The molecule has 3 nitrogen and oxygen atoms in total. The van der Waals surface area contributed by atoms with E-state index in [1.54, 1.807) is 23.1 Å². The van der Waals surface area contributed by atoms with Crippen LogP contribution in [-0.2, 0) is 11.2 Å². The van der Waals surface area contributed by atoms with Crippen molar-refractivity contribution in [3.63, 3.8) is 0 Å². The number of amides is 1. The van der Waals surface area contributed by atoms with Crippen molar-refractivity contribution < 1.29 is 4.79 Å². The molecule has 2 N–H and O–H groups in total. The van der Waals surface area contributed by atoms with Gasteiger partial charge in [-0.25, -0.2) is 4.98 Å². The number of rotatable bonds is 5. The fourth-order valence-electron chi connectivity index (χ4n) is 2.45. The summed E-state index contributed by atoms with van der Waals surface area (Å²) in [6.07, 6.45) is 0.272. The van der Waals surface area contributed by atoms with Crippen LogP contribution in [0.15, 0.2) is 46.8 Å². The van der Waals surface area contributed by atoms with Gasteiger partial charge in [0.15, 0.2) is 4.34 Å². The molecule has 23 heavy (non-hydrogen) atoms. The Balaban J connectivity index is 1.80. The summed E-state index contributed by atoms with van der Waals surface area (Å²) in [6.45, 7) is 4.11. The Morgan fingerprint density at radius 3 is 2.74 bits per heavy atom. The van der Waals surface area contributed by atoms with Gasteiger partial charge in [0.1, 0.15) is 0 Å². The first-order valence-electron chi connectivity index (χ1n) is 7.43. The number of nitrogens with zero attached hydrogens (tertiary/aromatic N) is 1. The van der Waals surface area contributed by atoms with E-state index in [0.717, 1.165) is 14.9 Å². The summed E-state index contributed by atoms with van der Waals surface area (Å²) in [6, 6.07) is 14.9. The number of fused-ring (bicyclic) bond motifs is 1. The Hall–Kier alpha value is -1.85. The molecule has 1 heterocycles. The van der Waals surface area contributed by atoms with Crippen LogP contribution in [-0.4, -0.2) is 10.9 Å². The third-order valence-corrected chi connectivity index (χ3v) is 6.14. The molecule has 0 unspecified atom stereocenters. The van der Waals surface area contributed by atoms with Crippen LogP contribution in [0.1, 0.15) is 28.3 Å². The van der Waals surface area contributed by atoms with E-state index in [9.17, 15) is 4.79 Å². The summed E-state index contributed by atoms with van der Waals surface area (Å²) >= 11 is 3.29. The maximum atomic E-state index is 11.1. The zero-order valence-corrected chi connectivity index (χ0v) is 14.7. The van der Waals surface area contributed by atoms with E-state index in [2.05, 4.69) is 54.4 Å². The Kier molecular flexibility index (Phi) is 4.68. The van der Waals surface area contributed by atoms with Gasteiger partial charge in [0.05, 0.1) is 12.1 Å². The normalized spacial score (nSPS) is 12.4. The molecule has 0 aliphatic carbocycles. The highest BCUT2D eigenvalue weighted by Crippen LogP contribution is 2.38. The van der Waals surface area contributed by atoms with E-state index < -0.39 is 0 Å². The van der Waals surface area contributed by atoms with Crippen LogP contribution in [0.5, 0.6) is 0 Å². The van der Waals surface area contributed by atoms with Gasteiger partial charge in [-0.3, -0.25) is 4.79 Å². The number of benzene rings is 2. The summed E-state index contributed by atoms with van der Waals surface area (Å²) in [5.74, 6) is -0.309. The van der Waals surface area contributed by atoms with Gasteiger partial charge in [-0.1, -0.05) is 54.2 Å². The third-order valence-electron chi connectivity index (χ3n) is 3.73. The number of hydrogen-bond donors (Lipinski definition) is 1. The Bertz CT molecular complexity index is 857. The molecule has 5 heteroatoms. The standard InChI is InChI=1S/C18H18N2OS2/c1-11-16(10-17(19)21)23-18(20-11)22-12(2)14-8-7-13-5-3-4-6-15(13)9-14/h3-9,12H,10H2,1-2H3,(H2,19,21)/t12-/m1/s1. The first kappa shape index (κ1) is 16.0. The van der Waals surface area contributed by atoms with Crippen molar-refractivity contribution >= 4 is 39.8 Å². The molecule has 1 atom stereocenters. The molecule has 0 radical (unpaired) electrons. The third kappa shape index (κ3) is 3.74. The highest BCUT2D eigenvalue weighted by atomic mass is 32.2. The fraction of sp³-hybridized carbons (Fsp3) is 0.222. The van der Waals surface area contributed by atoms with E-state index in [1.165, 1.54) is 16.3 Å². The number of carbonyl (C=O) groups is 1. The van der Waals surface area contributed by atoms with Crippen molar-refractivity contribution in [2.45, 2.75) is 29.9 Å². The Morgan fingerprint density at radius 2 is 2.00 bits per heavy atom. The van der Waals surface area contributed by atoms with Crippen molar-refractivity contribution in [3.8, 4) is 0 Å². The Morgan fingerprint density at radius 1 is 1.26 bits per heavy atom. The zero-order valence-electron chi connectivity index (χ0n) is 13.1. The molecule has 0 spiro atoms. The van der Waals surface area contributed by atoms with Crippen molar-refractivity contribution in [1.29, 1.82) is 0 Å². The molecule has 0 fully saturated rings. The molecule has 0 saturated carbocycles. The predicted molar refractivity (Wildman–Crippen MR) is 98.0 cm³/mol. The summed E-state index contributed by atoms with van der Waals surface area (Å²) in [7, 11) is 0. The van der Waals surface area contributed by atoms with E-state index in [1.807, 2.05) is 6.92 Å². The molecule has 2 aromatic carbocycles. The second-order valence-electron chi connectivity index (χ2n) is 5.50. The van der Waals surface area contributed by atoms with E-state index in [0.29, 0.717) is 5.25 Å². The topological polar surface area (TPSA) is 56.0 Å². The zero-order chi connectivity index (χ0) is 16.4. The van der Waals surface area contributed by atoms with Gasteiger partial charge >= 0.3 is 0 Å². The van der Waals surface area contributed by atoms with Crippen molar-refractivity contribution in [2.24, 2.45) is 5.73 Å². The van der Waals surface area contributed by atoms with Crippen molar-refractivity contribution in [3.05, 3.63) is 58.6 Å². The fourth-order valence-corrected chi connectivity index (χ4v) is 4.96. The van der Waals surface area contributed by atoms with Gasteiger partial charge in [0.2, 0.25) is 5.91 Å². The van der Waals surface area contributed by atoms with Crippen LogP contribution < -0.4 is 5.73 Å². The molecule has 0 bridgehead atoms. The lowest BCUT2D eigenvalue weighted by Crippen LogP contribution is -2.13. The number of primary amides is 1. The molecule has 0 saturated heterocycles. The number of thioether (sulfide) groups is 1. The monoisotopic (exact) mass is 342 g/mol. The van der Waals surface area contributed by atoms with Crippen LogP contribution in [0.4, 0.5) is 0 Å². The lowest BCUT2D eigenvalue weighted by Gasteiger charge is -2.10. The van der Waals surface area contributed by atoms with E-state index >= 15 is 0 Å². The summed E-state index contributed by atoms with van der Waals surface area (Å²) < 4.78 is 0.986.